The van der Waals surface area contributed by atoms with E-state index in [4.69, 9.17) is 4.74 Å². The van der Waals surface area contributed by atoms with Gasteiger partial charge in [0.25, 0.3) is 11.6 Å². The molecule has 26 heavy (non-hydrogen) atoms. The van der Waals surface area contributed by atoms with Crippen molar-refractivity contribution in [3.8, 4) is 0 Å². The van der Waals surface area contributed by atoms with E-state index in [-0.39, 0.29) is 16.9 Å². The van der Waals surface area contributed by atoms with Crippen LogP contribution in [0.25, 0.3) is 0 Å². The first-order valence-corrected chi connectivity index (χ1v) is 7.41. The maximum Gasteiger partial charge on any atom is 0.339 e. The van der Waals surface area contributed by atoms with Crippen molar-refractivity contribution in [2.24, 2.45) is 0 Å². The van der Waals surface area contributed by atoms with Gasteiger partial charge in [-0.15, -0.1) is 0 Å². The molecular weight excluding hydrogens is 350 g/mol. The van der Waals surface area contributed by atoms with E-state index in [1.165, 1.54) is 26.0 Å². The fourth-order valence-corrected chi connectivity index (χ4v) is 2.03. The summed E-state index contributed by atoms with van der Waals surface area (Å²) in [6.07, 6.45) is -1.27. The lowest BCUT2D eigenvalue weighted by molar-refractivity contribution is -0.385. The third-order valence-corrected chi connectivity index (χ3v) is 3.48. The Bertz CT molecular complexity index is 885. The highest BCUT2D eigenvalue weighted by Gasteiger charge is 2.21. The Morgan fingerprint density at radius 1 is 1.15 bits per heavy atom. The number of halogens is 2. The summed E-state index contributed by atoms with van der Waals surface area (Å²) < 4.78 is 31.0. The molecule has 0 aliphatic carbocycles. The van der Waals surface area contributed by atoms with E-state index >= 15 is 0 Å². The molecule has 0 saturated carbocycles. The topological polar surface area (TPSA) is 98.5 Å². The summed E-state index contributed by atoms with van der Waals surface area (Å²) >= 11 is 0. The van der Waals surface area contributed by atoms with Crippen LogP contribution in [-0.4, -0.2) is 22.9 Å². The predicted octanol–water partition coefficient (Wildman–Crippen LogP) is 3.37. The summed E-state index contributed by atoms with van der Waals surface area (Å²) in [6.45, 7) is 2.79. The minimum absolute atomic E-state index is 0.0113. The van der Waals surface area contributed by atoms with Crippen LogP contribution in [0.1, 0.15) is 22.8 Å². The van der Waals surface area contributed by atoms with Crippen molar-refractivity contribution in [3.05, 3.63) is 69.3 Å². The molecule has 0 aliphatic heterocycles. The summed E-state index contributed by atoms with van der Waals surface area (Å²) in [5, 5.41) is 13.2. The first-order valence-electron chi connectivity index (χ1n) is 7.41. The van der Waals surface area contributed by atoms with Crippen LogP contribution in [0.3, 0.4) is 0 Å². The van der Waals surface area contributed by atoms with Gasteiger partial charge in [0.1, 0.15) is 0 Å². The lowest BCUT2D eigenvalue weighted by Gasteiger charge is -2.14. The maximum atomic E-state index is 13.1. The molecule has 0 aliphatic rings. The Balaban J connectivity index is 2.06. The molecule has 9 heteroatoms. The number of nitro benzene ring substituents is 1. The number of aryl methyl sites for hydroxylation is 1. The van der Waals surface area contributed by atoms with Crippen molar-refractivity contribution in [2.45, 2.75) is 20.0 Å². The van der Waals surface area contributed by atoms with Gasteiger partial charge in [-0.25, -0.2) is 13.6 Å². The molecule has 0 heterocycles. The molecule has 0 aromatic heterocycles. The SMILES string of the molecule is Cc1ccc(C(=O)O[C@@H](C)C(=O)Nc2ccc(F)c(F)c2)cc1[N+](=O)[O-]. The van der Waals surface area contributed by atoms with E-state index in [9.17, 15) is 28.5 Å². The highest BCUT2D eigenvalue weighted by molar-refractivity contribution is 5.97. The second-order valence-electron chi connectivity index (χ2n) is 5.42. The van der Waals surface area contributed by atoms with Crippen LogP contribution in [0.15, 0.2) is 36.4 Å². The number of nitrogens with zero attached hydrogens (tertiary/aromatic N) is 1. The van der Waals surface area contributed by atoms with Gasteiger partial charge in [0.15, 0.2) is 17.7 Å². The zero-order chi connectivity index (χ0) is 19.4. The van der Waals surface area contributed by atoms with Crippen LogP contribution in [0.2, 0.25) is 0 Å². The monoisotopic (exact) mass is 364 g/mol. The van der Waals surface area contributed by atoms with E-state index in [1.54, 1.807) is 0 Å². The van der Waals surface area contributed by atoms with Crippen molar-refractivity contribution in [1.29, 1.82) is 0 Å². The Morgan fingerprint density at radius 3 is 2.46 bits per heavy atom. The minimum atomic E-state index is -1.27. The van der Waals surface area contributed by atoms with Gasteiger partial charge < -0.3 is 10.1 Å². The number of carbonyl (C=O) groups excluding carboxylic acids is 2. The van der Waals surface area contributed by atoms with Gasteiger partial charge in [-0.1, -0.05) is 6.07 Å². The van der Waals surface area contributed by atoms with Gasteiger partial charge in [0, 0.05) is 23.4 Å². The summed E-state index contributed by atoms with van der Waals surface area (Å²) in [5.41, 5.74) is 0.0200. The van der Waals surface area contributed by atoms with Crippen molar-refractivity contribution < 1.29 is 28.0 Å². The number of nitro groups is 1. The van der Waals surface area contributed by atoms with Crippen molar-refractivity contribution in [3.63, 3.8) is 0 Å². The van der Waals surface area contributed by atoms with Crippen LogP contribution < -0.4 is 5.32 Å². The van der Waals surface area contributed by atoms with Gasteiger partial charge in [-0.05, 0) is 32.0 Å². The molecule has 1 amide bonds. The molecule has 2 aromatic carbocycles. The average molecular weight is 364 g/mol. The Hall–Kier alpha value is -3.36. The average Bonchev–Trinajstić information content (AvgIpc) is 2.58. The molecule has 1 N–H and O–H groups in total. The molecule has 0 fully saturated rings. The first-order chi connectivity index (χ1) is 12.2. The predicted molar refractivity (Wildman–Crippen MR) is 87.7 cm³/mol. The van der Waals surface area contributed by atoms with Gasteiger partial charge in [-0.3, -0.25) is 14.9 Å². The van der Waals surface area contributed by atoms with Gasteiger partial charge in [-0.2, -0.15) is 0 Å². The summed E-state index contributed by atoms with van der Waals surface area (Å²) in [5.74, 6) is -3.91. The van der Waals surface area contributed by atoms with Gasteiger partial charge in [0.05, 0.1) is 10.5 Å². The molecule has 0 unspecified atom stereocenters. The van der Waals surface area contributed by atoms with Gasteiger partial charge >= 0.3 is 5.97 Å². The molecule has 7 nitrogen and oxygen atoms in total. The second kappa shape index (κ2) is 7.68. The molecular formula is C17H14F2N2O5. The summed E-state index contributed by atoms with van der Waals surface area (Å²) in [6, 6.07) is 6.55. The smallest absolute Gasteiger partial charge is 0.339 e. The zero-order valence-corrected chi connectivity index (χ0v) is 13.8. The molecule has 2 rings (SSSR count). The minimum Gasteiger partial charge on any atom is -0.449 e. The lowest BCUT2D eigenvalue weighted by atomic mass is 10.1. The standard InChI is InChI=1S/C17H14F2N2O5/c1-9-3-4-11(7-15(9)21(24)25)17(23)26-10(2)16(22)20-12-5-6-13(18)14(19)8-12/h3-8,10H,1-2H3,(H,20,22)/t10-/m0/s1. The fourth-order valence-electron chi connectivity index (χ4n) is 2.03. The van der Waals surface area contributed by atoms with Crippen LogP contribution in [0.4, 0.5) is 20.2 Å². The largest absolute Gasteiger partial charge is 0.449 e. The maximum absolute atomic E-state index is 13.1. The quantitative estimate of drug-likeness (QED) is 0.498. The Morgan fingerprint density at radius 2 is 1.85 bits per heavy atom. The number of anilines is 1. The van der Waals surface area contributed by atoms with Crippen LogP contribution in [0, 0.1) is 28.7 Å². The summed E-state index contributed by atoms with van der Waals surface area (Å²) in [4.78, 5) is 34.3. The molecule has 2 aromatic rings. The molecule has 0 bridgehead atoms. The lowest BCUT2D eigenvalue weighted by Crippen LogP contribution is -2.30. The molecule has 0 saturated heterocycles. The third-order valence-electron chi connectivity index (χ3n) is 3.48. The normalized spacial score (nSPS) is 11.5. The second-order valence-corrected chi connectivity index (χ2v) is 5.42. The first kappa shape index (κ1) is 19.0. The molecule has 0 spiro atoms. The number of rotatable bonds is 5. The van der Waals surface area contributed by atoms with E-state index in [0.29, 0.717) is 5.56 Å². The Kier molecular flexibility index (Phi) is 5.61. The zero-order valence-electron chi connectivity index (χ0n) is 13.8. The number of ether oxygens (including phenoxy) is 1. The van der Waals surface area contributed by atoms with Crippen molar-refractivity contribution in [1.82, 2.24) is 0 Å². The van der Waals surface area contributed by atoms with Crippen LogP contribution in [0.5, 0.6) is 0 Å². The summed E-state index contributed by atoms with van der Waals surface area (Å²) in [7, 11) is 0. The van der Waals surface area contributed by atoms with Crippen molar-refractivity contribution in [2.75, 3.05) is 5.32 Å². The fraction of sp³-hybridized carbons (Fsp3) is 0.176. The highest BCUT2D eigenvalue weighted by Crippen LogP contribution is 2.20. The van der Waals surface area contributed by atoms with Crippen molar-refractivity contribution >= 4 is 23.3 Å². The number of carbonyl (C=O) groups is 2. The van der Waals surface area contributed by atoms with Gasteiger partial charge in [0.2, 0.25) is 0 Å². The van der Waals surface area contributed by atoms with E-state index in [1.807, 2.05) is 0 Å². The Labute approximate surface area is 146 Å². The molecule has 136 valence electrons. The third kappa shape index (κ3) is 4.38. The number of nitrogens with one attached hydrogen (secondary N) is 1. The number of esters is 1. The van der Waals surface area contributed by atoms with E-state index in [2.05, 4.69) is 5.32 Å². The number of hydrogen-bond donors (Lipinski definition) is 1. The van der Waals surface area contributed by atoms with Crippen LogP contribution in [-0.2, 0) is 9.53 Å². The van der Waals surface area contributed by atoms with E-state index < -0.39 is 34.5 Å². The number of hydrogen-bond acceptors (Lipinski definition) is 5. The molecule has 1 atom stereocenters. The number of amides is 1. The molecule has 0 radical (unpaired) electrons. The van der Waals surface area contributed by atoms with Crippen LogP contribution >= 0.6 is 0 Å². The number of benzene rings is 2. The van der Waals surface area contributed by atoms with E-state index in [0.717, 1.165) is 24.3 Å². The highest BCUT2D eigenvalue weighted by atomic mass is 19.2.